The molecule has 0 atom stereocenters. The summed E-state index contributed by atoms with van der Waals surface area (Å²) in [4.78, 5) is 15.5. The Morgan fingerprint density at radius 3 is 2.76 bits per heavy atom. The quantitative estimate of drug-likeness (QED) is 0.774. The standard InChI is InChI=1S/C16H18BrNO2S/c1-11(2)20-15-9-12(17)6-7-14(15)16(19)18(3)10-13-5-4-8-21-13/h4-9,11H,10H2,1-3H3. The van der Waals surface area contributed by atoms with Crippen molar-refractivity contribution >= 4 is 33.2 Å². The number of benzene rings is 1. The van der Waals surface area contributed by atoms with Crippen molar-refractivity contribution in [3.8, 4) is 5.75 Å². The summed E-state index contributed by atoms with van der Waals surface area (Å²) in [5, 5.41) is 2.01. The van der Waals surface area contributed by atoms with E-state index in [2.05, 4.69) is 15.9 Å². The van der Waals surface area contributed by atoms with Crippen LogP contribution < -0.4 is 4.74 Å². The van der Waals surface area contributed by atoms with Crippen molar-refractivity contribution in [1.82, 2.24) is 4.90 Å². The van der Waals surface area contributed by atoms with Crippen LogP contribution in [0.25, 0.3) is 0 Å². The van der Waals surface area contributed by atoms with E-state index in [0.717, 1.165) is 9.35 Å². The Kier molecular flexibility index (Phi) is 5.42. The maximum atomic E-state index is 12.6. The number of hydrogen-bond donors (Lipinski definition) is 0. The molecule has 1 aromatic carbocycles. The van der Waals surface area contributed by atoms with Gasteiger partial charge < -0.3 is 9.64 Å². The van der Waals surface area contributed by atoms with Crippen LogP contribution in [0.3, 0.4) is 0 Å². The average molecular weight is 368 g/mol. The molecule has 0 bridgehead atoms. The van der Waals surface area contributed by atoms with Crippen LogP contribution in [0.15, 0.2) is 40.2 Å². The molecule has 1 aromatic heterocycles. The fraction of sp³-hybridized carbons (Fsp3) is 0.312. The van der Waals surface area contributed by atoms with Crippen molar-refractivity contribution in [3.63, 3.8) is 0 Å². The zero-order chi connectivity index (χ0) is 15.4. The van der Waals surface area contributed by atoms with Gasteiger partial charge >= 0.3 is 0 Å². The van der Waals surface area contributed by atoms with Crippen molar-refractivity contribution in [1.29, 1.82) is 0 Å². The molecule has 0 aliphatic heterocycles. The summed E-state index contributed by atoms with van der Waals surface area (Å²) in [6.07, 6.45) is 0.0217. The van der Waals surface area contributed by atoms with E-state index in [1.165, 1.54) is 0 Å². The van der Waals surface area contributed by atoms with E-state index in [1.54, 1.807) is 22.3 Å². The van der Waals surface area contributed by atoms with Crippen molar-refractivity contribution in [3.05, 3.63) is 50.6 Å². The fourth-order valence-electron chi connectivity index (χ4n) is 1.94. The minimum absolute atomic E-state index is 0.0217. The van der Waals surface area contributed by atoms with E-state index in [9.17, 15) is 4.79 Å². The molecule has 0 aliphatic rings. The second kappa shape index (κ2) is 7.09. The normalized spacial score (nSPS) is 10.7. The molecule has 0 saturated carbocycles. The average Bonchev–Trinajstić information content (AvgIpc) is 2.90. The first kappa shape index (κ1) is 16.0. The van der Waals surface area contributed by atoms with Gasteiger partial charge in [0.1, 0.15) is 5.75 Å². The first-order chi connectivity index (χ1) is 9.97. The van der Waals surface area contributed by atoms with Crippen LogP contribution in [0.2, 0.25) is 0 Å². The molecule has 21 heavy (non-hydrogen) atoms. The molecule has 112 valence electrons. The number of rotatable bonds is 5. The summed E-state index contributed by atoms with van der Waals surface area (Å²) < 4.78 is 6.66. The Morgan fingerprint density at radius 1 is 1.38 bits per heavy atom. The van der Waals surface area contributed by atoms with Crippen LogP contribution in [0, 0.1) is 0 Å². The highest BCUT2D eigenvalue weighted by Gasteiger charge is 2.18. The highest BCUT2D eigenvalue weighted by molar-refractivity contribution is 9.10. The topological polar surface area (TPSA) is 29.5 Å². The van der Waals surface area contributed by atoms with Gasteiger partial charge in [0, 0.05) is 16.4 Å². The SMILES string of the molecule is CC(C)Oc1cc(Br)ccc1C(=O)N(C)Cc1cccs1. The molecule has 1 amide bonds. The fourth-order valence-corrected chi connectivity index (χ4v) is 3.04. The maximum absolute atomic E-state index is 12.6. The van der Waals surface area contributed by atoms with Crippen LogP contribution in [0.1, 0.15) is 29.1 Å². The van der Waals surface area contributed by atoms with Gasteiger partial charge in [-0.15, -0.1) is 11.3 Å². The molecule has 0 aliphatic carbocycles. The highest BCUT2D eigenvalue weighted by Crippen LogP contribution is 2.26. The second-order valence-electron chi connectivity index (χ2n) is 5.05. The molecule has 0 saturated heterocycles. The summed E-state index contributed by atoms with van der Waals surface area (Å²) in [7, 11) is 1.81. The van der Waals surface area contributed by atoms with Crippen LogP contribution in [0.4, 0.5) is 0 Å². The van der Waals surface area contributed by atoms with Gasteiger partial charge in [-0.25, -0.2) is 0 Å². The number of ether oxygens (including phenoxy) is 1. The van der Waals surface area contributed by atoms with Gasteiger partial charge in [0.05, 0.1) is 18.2 Å². The van der Waals surface area contributed by atoms with E-state index in [4.69, 9.17) is 4.74 Å². The maximum Gasteiger partial charge on any atom is 0.257 e. The molecular formula is C16H18BrNO2S. The molecule has 0 N–H and O–H groups in total. The lowest BCUT2D eigenvalue weighted by Crippen LogP contribution is -2.26. The van der Waals surface area contributed by atoms with Crippen molar-refractivity contribution in [2.75, 3.05) is 7.05 Å². The van der Waals surface area contributed by atoms with Crippen LogP contribution in [-0.4, -0.2) is 24.0 Å². The zero-order valence-electron chi connectivity index (χ0n) is 12.3. The lowest BCUT2D eigenvalue weighted by Gasteiger charge is -2.20. The summed E-state index contributed by atoms with van der Waals surface area (Å²) in [5.74, 6) is 0.578. The Bertz CT molecular complexity index is 611. The number of amides is 1. The van der Waals surface area contributed by atoms with E-state index < -0.39 is 0 Å². The van der Waals surface area contributed by atoms with Gasteiger partial charge in [0.15, 0.2) is 0 Å². The van der Waals surface area contributed by atoms with E-state index in [-0.39, 0.29) is 12.0 Å². The molecule has 0 spiro atoms. The predicted octanol–water partition coefficient (Wildman–Crippen LogP) is 4.57. The summed E-state index contributed by atoms with van der Waals surface area (Å²) in [5.41, 5.74) is 0.589. The molecule has 0 radical (unpaired) electrons. The third-order valence-corrected chi connectivity index (χ3v) is 4.21. The molecule has 5 heteroatoms. The Labute approximate surface area is 137 Å². The first-order valence-electron chi connectivity index (χ1n) is 6.71. The van der Waals surface area contributed by atoms with Crippen molar-refractivity contribution in [2.24, 2.45) is 0 Å². The molecule has 1 heterocycles. The predicted molar refractivity (Wildman–Crippen MR) is 90.0 cm³/mol. The minimum atomic E-state index is -0.0356. The van der Waals surface area contributed by atoms with Gasteiger partial charge in [-0.05, 0) is 43.5 Å². The van der Waals surface area contributed by atoms with Crippen LogP contribution >= 0.6 is 27.3 Å². The van der Waals surface area contributed by atoms with Gasteiger partial charge in [-0.2, -0.15) is 0 Å². The Balaban J connectivity index is 2.21. The number of hydrogen-bond acceptors (Lipinski definition) is 3. The third-order valence-electron chi connectivity index (χ3n) is 2.86. The highest BCUT2D eigenvalue weighted by atomic mass is 79.9. The minimum Gasteiger partial charge on any atom is -0.490 e. The van der Waals surface area contributed by atoms with Crippen molar-refractivity contribution < 1.29 is 9.53 Å². The molecule has 2 aromatic rings. The number of thiophene rings is 1. The van der Waals surface area contributed by atoms with Gasteiger partial charge in [-0.3, -0.25) is 4.79 Å². The number of carbonyl (C=O) groups excluding carboxylic acids is 1. The van der Waals surface area contributed by atoms with Gasteiger partial charge in [0.25, 0.3) is 5.91 Å². The van der Waals surface area contributed by atoms with Gasteiger partial charge in [0.2, 0.25) is 0 Å². The van der Waals surface area contributed by atoms with E-state index in [1.807, 2.05) is 50.5 Å². The number of halogens is 1. The summed E-state index contributed by atoms with van der Waals surface area (Å²) in [6, 6.07) is 9.52. The Hall–Kier alpha value is -1.33. The summed E-state index contributed by atoms with van der Waals surface area (Å²) in [6.45, 7) is 4.50. The van der Waals surface area contributed by atoms with E-state index in [0.29, 0.717) is 17.9 Å². The third kappa shape index (κ3) is 4.32. The van der Waals surface area contributed by atoms with Crippen LogP contribution in [-0.2, 0) is 6.54 Å². The monoisotopic (exact) mass is 367 g/mol. The largest absolute Gasteiger partial charge is 0.490 e. The molecule has 2 rings (SSSR count). The molecule has 0 fully saturated rings. The first-order valence-corrected chi connectivity index (χ1v) is 8.38. The van der Waals surface area contributed by atoms with Crippen LogP contribution in [0.5, 0.6) is 5.75 Å². The second-order valence-corrected chi connectivity index (χ2v) is 7.00. The lowest BCUT2D eigenvalue weighted by atomic mass is 10.1. The molecule has 0 unspecified atom stereocenters. The number of nitrogens with zero attached hydrogens (tertiary/aromatic N) is 1. The lowest BCUT2D eigenvalue weighted by molar-refractivity contribution is 0.0780. The summed E-state index contributed by atoms with van der Waals surface area (Å²) >= 11 is 5.07. The molecule has 3 nitrogen and oxygen atoms in total. The Morgan fingerprint density at radius 2 is 2.14 bits per heavy atom. The van der Waals surface area contributed by atoms with Gasteiger partial charge in [-0.1, -0.05) is 22.0 Å². The van der Waals surface area contributed by atoms with Crippen molar-refractivity contribution in [2.45, 2.75) is 26.5 Å². The number of carbonyl (C=O) groups is 1. The zero-order valence-corrected chi connectivity index (χ0v) is 14.7. The smallest absolute Gasteiger partial charge is 0.257 e. The van der Waals surface area contributed by atoms with E-state index >= 15 is 0 Å². The molecular weight excluding hydrogens is 350 g/mol.